The van der Waals surface area contributed by atoms with E-state index in [-0.39, 0.29) is 5.79 Å². The molecule has 3 fully saturated rings. The van der Waals surface area contributed by atoms with E-state index in [0.717, 1.165) is 37.9 Å². The molecule has 0 atom stereocenters. The molecule has 0 aromatic rings. The Morgan fingerprint density at radius 2 is 1.41 bits per heavy atom. The Hall–Kier alpha value is -0.340. The minimum Gasteiger partial charge on any atom is -0.348 e. The first-order valence-corrected chi connectivity index (χ1v) is 7.22. The Labute approximate surface area is 104 Å². The molecule has 3 aliphatic rings. The van der Waals surface area contributed by atoms with E-state index in [1.165, 1.54) is 44.1 Å². The molecule has 96 valence electrons. The predicted molar refractivity (Wildman–Crippen MR) is 67.7 cm³/mol. The smallest absolute Gasteiger partial charge is 0.168 e. The van der Waals surface area contributed by atoms with E-state index >= 15 is 0 Å². The van der Waals surface area contributed by atoms with Crippen molar-refractivity contribution in [3.05, 3.63) is 12.2 Å². The second-order valence-electron chi connectivity index (χ2n) is 6.03. The lowest BCUT2D eigenvalue weighted by Crippen LogP contribution is -2.37. The lowest BCUT2D eigenvalue weighted by Gasteiger charge is -2.40. The van der Waals surface area contributed by atoms with E-state index in [2.05, 4.69) is 6.58 Å². The zero-order valence-corrected chi connectivity index (χ0v) is 10.7. The third-order valence-corrected chi connectivity index (χ3v) is 5.01. The van der Waals surface area contributed by atoms with Crippen molar-refractivity contribution < 1.29 is 9.47 Å². The minimum absolute atomic E-state index is 0.172. The third kappa shape index (κ3) is 2.43. The van der Waals surface area contributed by atoms with Crippen LogP contribution in [0, 0.1) is 11.8 Å². The van der Waals surface area contributed by atoms with Crippen LogP contribution in [0.25, 0.3) is 0 Å². The quantitative estimate of drug-likeness (QED) is 0.647. The first-order valence-electron chi connectivity index (χ1n) is 7.22. The van der Waals surface area contributed by atoms with Gasteiger partial charge in [-0.1, -0.05) is 12.2 Å². The molecule has 0 unspecified atom stereocenters. The van der Waals surface area contributed by atoms with Crippen molar-refractivity contribution in [1.82, 2.24) is 0 Å². The molecular formula is C15H24O2. The standard InChI is InChI=1S/C15H24O2/c1-12-2-4-13(5-3-12)14-6-8-15(9-7-14)16-10-11-17-15/h13-14H,1-11H2. The Morgan fingerprint density at radius 3 is 2.00 bits per heavy atom. The zero-order valence-electron chi connectivity index (χ0n) is 10.7. The molecule has 0 N–H and O–H groups in total. The molecule has 1 heterocycles. The second-order valence-corrected chi connectivity index (χ2v) is 6.03. The SMILES string of the molecule is C=C1CCC(C2CCC3(CC2)OCCO3)CC1. The van der Waals surface area contributed by atoms with Gasteiger partial charge in [-0.2, -0.15) is 0 Å². The van der Waals surface area contributed by atoms with Crippen molar-refractivity contribution in [2.24, 2.45) is 11.8 Å². The first kappa shape index (κ1) is 11.7. The van der Waals surface area contributed by atoms with Crippen molar-refractivity contribution in [1.29, 1.82) is 0 Å². The average molecular weight is 236 g/mol. The summed E-state index contributed by atoms with van der Waals surface area (Å²) in [6, 6.07) is 0. The highest BCUT2D eigenvalue weighted by atomic mass is 16.7. The Morgan fingerprint density at radius 1 is 0.882 bits per heavy atom. The molecule has 1 aliphatic heterocycles. The summed E-state index contributed by atoms with van der Waals surface area (Å²) in [6.45, 7) is 5.71. The summed E-state index contributed by atoms with van der Waals surface area (Å²) in [5, 5.41) is 0. The summed E-state index contributed by atoms with van der Waals surface area (Å²) in [5.74, 6) is 1.69. The lowest BCUT2D eigenvalue weighted by molar-refractivity contribution is -0.185. The summed E-state index contributed by atoms with van der Waals surface area (Å²) < 4.78 is 11.6. The van der Waals surface area contributed by atoms with E-state index in [0.29, 0.717) is 0 Å². The van der Waals surface area contributed by atoms with E-state index in [1.807, 2.05) is 0 Å². The maximum Gasteiger partial charge on any atom is 0.168 e. The van der Waals surface area contributed by atoms with Crippen LogP contribution in [0.2, 0.25) is 0 Å². The molecule has 1 saturated heterocycles. The fourth-order valence-corrected chi connectivity index (χ4v) is 3.86. The number of allylic oxidation sites excluding steroid dienone is 1. The largest absolute Gasteiger partial charge is 0.348 e. The monoisotopic (exact) mass is 236 g/mol. The molecular weight excluding hydrogens is 212 g/mol. The third-order valence-electron chi connectivity index (χ3n) is 5.01. The van der Waals surface area contributed by atoms with Crippen molar-refractivity contribution in [2.45, 2.75) is 57.2 Å². The fraction of sp³-hybridized carbons (Fsp3) is 0.867. The molecule has 2 nitrogen and oxygen atoms in total. The molecule has 17 heavy (non-hydrogen) atoms. The van der Waals surface area contributed by atoms with Crippen LogP contribution in [0.1, 0.15) is 51.4 Å². The van der Waals surface area contributed by atoms with Gasteiger partial charge >= 0.3 is 0 Å². The van der Waals surface area contributed by atoms with Crippen molar-refractivity contribution in [3.63, 3.8) is 0 Å². The molecule has 0 aromatic heterocycles. The molecule has 2 heteroatoms. The lowest BCUT2D eigenvalue weighted by atomic mass is 9.71. The van der Waals surface area contributed by atoms with Crippen molar-refractivity contribution in [2.75, 3.05) is 13.2 Å². The van der Waals surface area contributed by atoms with Gasteiger partial charge in [-0.15, -0.1) is 0 Å². The first-order chi connectivity index (χ1) is 8.27. The number of hydrogen-bond acceptors (Lipinski definition) is 2. The molecule has 2 aliphatic carbocycles. The van der Waals surface area contributed by atoms with Gasteiger partial charge in [-0.25, -0.2) is 0 Å². The normalized spacial score (nSPS) is 31.2. The van der Waals surface area contributed by atoms with E-state index in [9.17, 15) is 0 Å². The second kappa shape index (κ2) is 4.74. The van der Waals surface area contributed by atoms with Crippen LogP contribution in [0.3, 0.4) is 0 Å². The molecule has 0 aromatic carbocycles. The Kier molecular flexibility index (Phi) is 3.27. The van der Waals surface area contributed by atoms with E-state index < -0.39 is 0 Å². The van der Waals surface area contributed by atoms with Gasteiger partial charge < -0.3 is 9.47 Å². The van der Waals surface area contributed by atoms with Crippen molar-refractivity contribution >= 4 is 0 Å². The predicted octanol–water partition coefficient (Wildman–Crippen LogP) is 3.67. The van der Waals surface area contributed by atoms with Gasteiger partial charge in [0.2, 0.25) is 0 Å². The van der Waals surface area contributed by atoms with Gasteiger partial charge in [-0.05, 0) is 50.4 Å². The maximum atomic E-state index is 5.80. The average Bonchev–Trinajstić information content (AvgIpc) is 2.80. The summed E-state index contributed by atoms with van der Waals surface area (Å²) in [5.41, 5.74) is 1.47. The zero-order chi connectivity index (χ0) is 11.7. The van der Waals surface area contributed by atoms with Crippen LogP contribution in [0.5, 0.6) is 0 Å². The molecule has 0 amide bonds. The van der Waals surface area contributed by atoms with Crippen LogP contribution < -0.4 is 0 Å². The van der Waals surface area contributed by atoms with E-state index in [1.54, 1.807) is 0 Å². The molecule has 0 bridgehead atoms. The highest BCUT2D eigenvalue weighted by Gasteiger charge is 2.41. The minimum atomic E-state index is -0.172. The molecule has 1 spiro atoms. The van der Waals surface area contributed by atoms with Gasteiger partial charge in [0, 0.05) is 12.8 Å². The summed E-state index contributed by atoms with van der Waals surface area (Å²) in [7, 11) is 0. The Balaban J connectivity index is 1.52. The van der Waals surface area contributed by atoms with Crippen LogP contribution in [-0.2, 0) is 9.47 Å². The van der Waals surface area contributed by atoms with Crippen LogP contribution in [0.4, 0.5) is 0 Å². The highest BCUT2D eigenvalue weighted by Crippen LogP contribution is 2.44. The van der Waals surface area contributed by atoms with Crippen LogP contribution >= 0.6 is 0 Å². The highest BCUT2D eigenvalue weighted by molar-refractivity contribution is 4.99. The Bertz CT molecular complexity index is 271. The molecule has 2 saturated carbocycles. The van der Waals surface area contributed by atoms with Gasteiger partial charge in [0.15, 0.2) is 5.79 Å². The van der Waals surface area contributed by atoms with Crippen LogP contribution in [-0.4, -0.2) is 19.0 Å². The van der Waals surface area contributed by atoms with Crippen molar-refractivity contribution in [3.8, 4) is 0 Å². The maximum absolute atomic E-state index is 5.80. The van der Waals surface area contributed by atoms with Crippen LogP contribution in [0.15, 0.2) is 12.2 Å². The summed E-state index contributed by atoms with van der Waals surface area (Å²) in [6.07, 6.45) is 10.1. The molecule has 3 rings (SSSR count). The molecule has 0 radical (unpaired) electrons. The van der Waals surface area contributed by atoms with E-state index in [4.69, 9.17) is 9.47 Å². The van der Waals surface area contributed by atoms with Gasteiger partial charge in [0.25, 0.3) is 0 Å². The number of ether oxygens (including phenoxy) is 2. The fourth-order valence-electron chi connectivity index (χ4n) is 3.86. The number of hydrogen-bond donors (Lipinski definition) is 0. The van der Waals surface area contributed by atoms with Gasteiger partial charge in [0.1, 0.15) is 0 Å². The summed E-state index contributed by atoms with van der Waals surface area (Å²) in [4.78, 5) is 0. The number of rotatable bonds is 1. The van der Waals surface area contributed by atoms with Gasteiger partial charge in [0.05, 0.1) is 13.2 Å². The summed E-state index contributed by atoms with van der Waals surface area (Å²) >= 11 is 0. The van der Waals surface area contributed by atoms with Gasteiger partial charge in [-0.3, -0.25) is 0 Å². The topological polar surface area (TPSA) is 18.5 Å².